The molecule has 2 fully saturated rings. The minimum atomic E-state index is -0.282. The molecule has 1 amide bonds. The van der Waals surface area contributed by atoms with Crippen LogP contribution in [-0.2, 0) is 13.0 Å². The number of β-amino-alcohol motifs (C(OH)–C–C–N with tert-alkyl or cyclic N) is 1. The van der Waals surface area contributed by atoms with Gasteiger partial charge in [0.25, 0.3) is 5.91 Å². The van der Waals surface area contributed by atoms with E-state index in [1.807, 2.05) is 18.7 Å². The van der Waals surface area contributed by atoms with Crippen molar-refractivity contribution >= 4 is 11.6 Å². The second-order valence-electron chi connectivity index (χ2n) is 9.78. The van der Waals surface area contributed by atoms with Gasteiger partial charge in [0, 0.05) is 64.6 Å². The van der Waals surface area contributed by atoms with Crippen LogP contribution in [0.5, 0.6) is 0 Å². The van der Waals surface area contributed by atoms with Crippen LogP contribution < -0.4 is 4.90 Å². The number of amides is 1. The predicted molar refractivity (Wildman–Crippen MR) is 133 cm³/mol. The SMILES string of the molecule is CCc1ccccc1N1CCN(C(=O)c2coc(CN3CCN(C[C@H](O)C(C)C)CC3)n2)CC1. The number of rotatable bonds is 8. The van der Waals surface area contributed by atoms with E-state index in [0.717, 1.165) is 52.2 Å². The van der Waals surface area contributed by atoms with Gasteiger partial charge in [-0.2, -0.15) is 0 Å². The number of hydrogen-bond donors (Lipinski definition) is 1. The maximum absolute atomic E-state index is 13.0. The number of nitrogens with zero attached hydrogens (tertiary/aromatic N) is 5. The van der Waals surface area contributed by atoms with Gasteiger partial charge in [-0.1, -0.05) is 39.0 Å². The van der Waals surface area contributed by atoms with Gasteiger partial charge in [-0.05, 0) is 24.0 Å². The number of hydrogen-bond acceptors (Lipinski definition) is 7. The minimum Gasteiger partial charge on any atom is -0.447 e. The van der Waals surface area contributed by atoms with Crippen molar-refractivity contribution in [1.82, 2.24) is 19.7 Å². The Balaban J connectivity index is 1.25. The fourth-order valence-corrected chi connectivity index (χ4v) is 4.71. The second-order valence-corrected chi connectivity index (χ2v) is 9.78. The summed E-state index contributed by atoms with van der Waals surface area (Å²) in [6, 6.07) is 8.52. The molecule has 2 aromatic rings. The van der Waals surface area contributed by atoms with Crippen molar-refractivity contribution in [2.24, 2.45) is 5.92 Å². The van der Waals surface area contributed by atoms with Crippen LogP contribution in [0.15, 0.2) is 34.9 Å². The summed E-state index contributed by atoms with van der Waals surface area (Å²) in [5.41, 5.74) is 3.02. The van der Waals surface area contributed by atoms with Gasteiger partial charge >= 0.3 is 0 Å². The van der Waals surface area contributed by atoms with E-state index in [-0.39, 0.29) is 17.9 Å². The van der Waals surface area contributed by atoms with E-state index < -0.39 is 0 Å². The van der Waals surface area contributed by atoms with Gasteiger partial charge in [-0.15, -0.1) is 0 Å². The van der Waals surface area contributed by atoms with Crippen LogP contribution in [0.1, 0.15) is 42.7 Å². The number of carbonyl (C=O) groups is 1. The predicted octanol–water partition coefficient (Wildman–Crippen LogP) is 2.33. The number of aliphatic hydroxyl groups excluding tert-OH is 1. The number of aliphatic hydroxyl groups is 1. The van der Waals surface area contributed by atoms with Crippen LogP contribution in [0.25, 0.3) is 0 Å². The fraction of sp³-hybridized carbons (Fsp3) is 0.615. The first-order valence-corrected chi connectivity index (χ1v) is 12.6. The third-order valence-electron chi connectivity index (χ3n) is 7.09. The van der Waals surface area contributed by atoms with E-state index in [1.54, 1.807) is 0 Å². The van der Waals surface area contributed by atoms with Crippen molar-refractivity contribution in [3.8, 4) is 0 Å². The molecule has 1 N–H and O–H groups in total. The molecule has 2 aliphatic rings. The average Bonchev–Trinajstić information content (AvgIpc) is 3.33. The number of anilines is 1. The van der Waals surface area contributed by atoms with E-state index in [0.29, 0.717) is 31.2 Å². The Bertz CT molecular complexity index is 930. The first kappa shape index (κ1) is 24.7. The smallest absolute Gasteiger partial charge is 0.275 e. The molecule has 1 atom stereocenters. The van der Waals surface area contributed by atoms with Gasteiger partial charge in [0.2, 0.25) is 5.89 Å². The molecule has 1 aromatic carbocycles. The average molecular weight is 470 g/mol. The maximum Gasteiger partial charge on any atom is 0.275 e. The maximum atomic E-state index is 13.0. The molecule has 0 saturated carbocycles. The van der Waals surface area contributed by atoms with Crippen LogP contribution in [0.3, 0.4) is 0 Å². The lowest BCUT2D eigenvalue weighted by Gasteiger charge is -2.36. The van der Waals surface area contributed by atoms with E-state index in [1.165, 1.54) is 17.5 Å². The highest BCUT2D eigenvalue weighted by molar-refractivity contribution is 5.92. The molecule has 4 rings (SSSR count). The third kappa shape index (κ3) is 5.98. The van der Waals surface area contributed by atoms with Crippen LogP contribution in [0.4, 0.5) is 5.69 Å². The zero-order valence-corrected chi connectivity index (χ0v) is 20.8. The Morgan fingerprint density at radius 2 is 1.71 bits per heavy atom. The second kappa shape index (κ2) is 11.3. The largest absolute Gasteiger partial charge is 0.447 e. The molecular formula is C26H39N5O3. The standard InChI is InChI=1S/C26H39N5O3/c1-4-21-7-5-6-8-23(21)30-13-15-31(16-14-30)26(33)22-19-34-25(27-22)18-29-11-9-28(10-12-29)17-24(32)20(2)3/h5-8,19-20,24,32H,4,9-18H2,1-3H3/t24-/m0/s1. The molecule has 3 heterocycles. The monoisotopic (exact) mass is 469 g/mol. The van der Waals surface area contributed by atoms with Crippen molar-refractivity contribution < 1.29 is 14.3 Å². The van der Waals surface area contributed by atoms with Crippen molar-refractivity contribution in [2.45, 2.75) is 39.8 Å². The summed E-state index contributed by atoms with van der Waals surface area (Å²) in [5.74, 6) is 0.817. The summed E-state index contributed by atoms with van der Waals surface area (Å²) >= 11 is 0. The minimum absolute atomic E-state index is 0.0501. The van der Waals surface area contributed by atoms with Crippen molar-refractivity contribution in [2.75, 3.05) is 63.8 Å². The highest BCUT2D eigenvalue weighted by Crippen LogP contribution is 2.23. The molecule has 0 spiro atoms. The summed E-state index contributed by atoms with van der Waals surface area (Å²) in [7, 11) is 0. The summed E-state index contributed by atoms with van der Waals surface area (Å²) in [6.45, 7) is 14.3. The molecule has 0 bridgehead atoms. The lowest BCUT2D eigenvalue weighted by molar-refractivity contribution is 0.0463. The number of para-hydroxylation sites is 1. The Hall–Kier alpha value is -2.42. The molecule has 186 valence electrons. The molecule has 0 aliphatic carbocycles. The van der Waals surface area contributed by atoms with E-state index in [2.05, 4.69) is 50.9 Å². The Kier molecular flexibility index (Phi) is 8.24. The number of aryl methyl sites for hydroxylation is 1. The molecule has 2 aliphatic heterocycles. The Morgan fingerprint density at radius 1 is 1.03 bits per heavy atom. The third-order valence-corrected chi connectivity index (χ3v) is 7.09. The fourth-order valence-electron chi connectivity index (χ4n) is 4.71. The highest BCUT2D eigenvalue weighted by Gasteiger charge is 2.26. The molecule has 0 radical (unpaired) electrons. The number of oxazole rings is 1. The molecule has 8 nitrogen and oxygen atoms in total. The molecule has 2 saturated heterocycles. The van der Waals surface area contributed by atoms with Crippen LogP contribution in [0.2, 0.25) is 0 Å². The summed E-state index contributed by atoms with van der Waals surface area (Å²) in [4.78, 5) is 26.4. The highest BCUT2D eigenvalue weighted by atomic mass is 16.3. The van der Waals surface area contributed by atoms with E-state index in [4.69, 9.17) is 4.42 Å². The number of benzene rings is 1. The van der Waals surface area contributed by atoms with Gasteiger partial charge in [0.05, 0.1) is 12.6 Å². The van der Waals surface area contributed by atoms with E-state index >= 15 is 0 Å². The van der Waals surface area contributed by atoms with Crippen molar-refractivity contribution in [3.63, 3.8) is 0 Å². The van der Waals surface area contributed by atoms with Gasteiger partial charge in [0.15, 0.2) is 5.69 Å². The zero-order valence-electron chi connectivity index (χ0n) is 20.8. The summed E-state index contributed by atoms with van der Waals surface area (Å²) in [6.07, 6.45) is 2.23. The van der Waals surface area contributed by atoms with Gasteiger partial charge < -0.3 is 19.3 Å². The molecule has 8 heteroatoms. The first-order valence-electron chi connectivity index (χ1n) is 12.6. The van der Waals surface area contributed by atoms with Gasteiger partial charge in [0.1, 0.15) is 6.26 Å². The van der Waals surface area contributed by atoms with Crippen molar-refractivity contribution in [3.05, 3.63) is 47.7 Å². The lowest BCUT2D eigenvalue weighted by Crippen LogP contribution is -2.49. The van der Waals surface area contributed by atoms with E-state index in [9.17, 15) is 9.90 Å². The molecule has 34 heavy (non-hydrogen) atoms. The first-order chi connectivity index (χ1) is 16.4. The molecule has 1 aromatic heterocycles. The number of aromatic nitrogens is 1. The normalized spacial score (nSPS) is 19.1. The van der Waals surface area contributed by atoms with Crippen LogP contribution in [0, 0.1) is 5.92 Å². The summed E-state index contributed by atoms with van der Waals surface area (Å²) < 4.78 is 5.66. The number of carbonyl (C=O) groups excluding carboxylic acids is 1. The van der Waals surface area contributed by atoms with Crippen LogP contribution >= 0.6 is 0 Å². The van der Waals surface area contributed by atoms with Crippen LogP contribution in [-0.4, -0.2) is 95.7 Å². The quantitative estimate of drug-likeness (QED) is 0.636. The zero-order chi connectivity index (χ0) is 24.1. The Morgan fingerprint density at radius 3 is 2.38 bits per heavy atom. The summed E-state index contributed by atoms with van der Waals surface area (Å²) in [5, 5.41) is 10.1. The number of piperazine rings is 2. The van der Waals surface area contributed by atoms with Crippen molar-refractivity contribution in [1.29, 1.82) is 0 Å². The molecule has 0 unspecified atom stereocenters. The molecular weight excluding hydrogens is 430 g/mol. The Labute approximate surface area is 203 Å². The topological polar surface area (TPSA) is 76.3 Å². The van der Waals surface area contributed by atoms with Gasteiger partial charge in [-0.25, -0.2) is 4.98 Å². The lowest BCUT2D eigenvalue weighted by atomic mass is 10.1. The van der Waals surface area contributed by atoms with Gasteiger partial charge in [-0.3, -0.25) is 14.6 Å².